The van der Waals surface area contributed by atoms with Gasteiger partial charge in [-0.05, 0) is 31.5 Å². The van der Waals surface area contributed by atoms with Gasteiger partial charge in [-0.2, -0.15) is 13.8 Å². The molecule has 0 unspecified atom stereocenters. The van der Waals surface area contributed by atoms with Crippen LogP contribution in [0.15, 0.2) is 30.3 Å². The first-order chi connectivity index (χ1) is 13.9. The van der Waals surface area contributed by atoms with Crippen molar-refractivity contribution < 1.29 is 23.0 Å². The third-order valence-electron chi connectivity index (χ3n) is 4.51. The van der Waals surface area contributed by atoms with Gasteiger partial charge in [-0.25, -0.2) is 4.98 Å². The van der Waals surface area contributed by atoms with Gasteiger partial charge in [0.2, 0.25) is 17.7 Å². The second kappa shape index (κ2) is 9.49. The topological polar surface area (TPSA) is 67.8 Å². The van der Waals surface area contributed by atoms with Crippen LogP contribution in [0.5, 0.6) is 11.6 Å². The first-order valence-corrected chi connectivity index (χ1v) is 9.49. The lowest BCUT2D eigenvalue weighted by molar-refractivity contribution is -0.130. The van der Waals surface area contributed by atoms with Crippen LogP contribution in [-0.2, 0) is 11.2 Å². The number of carbonyl (C=O) groups excluding carboxylic acids is 1. The summed E-state index contributed by atoms with van der Waals surface area (Å²) in [4.78, 5) is 25.3. The van der Waals surface area contributed by atoms with Crippen molar-refractivity contribution in [3.05, 3.63) is 41.6 Å². The fourth-order valence-electron chi connectivity index (χ4n) is 3.16. The molecule has 1 amide bonds. The van der Waals surface area contributed by atoms with Gasteiger partial charge in [-0.3, -0.25) is 4.79 Å². The molecule has 0 spiro atoms. The highest BCUT2D eigenvalue weighted by Gasteiger charge is 2.23. The van der Waals surface area contributed by atoms with E-state index >= 15 is 0 Å². The lowest BCUT2D eigenvalue weighted by atomic mass is 10.1. The Morgan fingerprint density at radius 1 is 1.17 bits per heavy atom. The maximum Gasteiger partial charge on any atom is 0.387 e. The van der Waals surface area contributed by atoms with Crippen LogP contribution in [0.25, 0.3) is 0 Å². The molecule has 7 nitrogen and oxygen atoms in total. The van der Waals surface area contributed by atoms with Crippen LogP contribution in [0.2, 0.25) is 0 Å². The van der Waals surface area contributed by atoms with Gasteiger partial charge in [0.1, 0.15) is 5.75 Å². The van der Waals surface area contributed by atoms with E-state index in [2.05, 4.69) is 14.7 Å². The standard InChI is InChI=1S/C20H24F2N4O3/c1-3-28-17-11-14(2)23-20(24-17)26-9-7-25(8-10-26)18(27)13-15-5-4-6-16(12-15)29-19(21)22/h4-6,11-12,19H,3,7-10,13H2,1-2H3. The molecule has 1 aliphatic rings. The van der Waals surface area contributed by atoms with Gasteiger partial charge in [0.05, 0.1) is 13.0 Å². The van der Waals surface area contributed by atoms with E-state index in [-0.39, 0.29) is 18.1 Å². The minimum absolute atomic E-state index is 0.0526. The maximum absolute atomic E-state index is 12.6. The van der Waals surface area contributed by atoms with Crippen molar-refractivity contribution in [1.29, 1.82) is 0 Å². The predicted molar refractivity (Wildman–Crippen MR) is 104 cm³/mol. The Bertz CT molecular complexity index is 842. The van der Waals surface area contributed by atoms with E-state index in [0.717, 1.165) is 5.69 Å². The smallest absolute Gasteiger partial charge is 0.387 e. The highest BCUT2D eigenvalue weighted by molar-refractivity contribution is 5.79. The second-order valence-corrected chi connectivity index (χ2v) is 6.65. The molecule has 1 fully saturated rings. The normalized spacial score (nSPS) is 14.2. The maximum atomic E-state index is 12.6. The van der Waals surface area contributed by atoms with Crippen molar-refractivity contribution in [3.8, 4) is 11.6 Å². The molecule has 1 aromatic heterocycles. The average Bonchev–Trinajstić information content (AvgIpc) is 2.67. The highest BCUT2D eigenvalue weighted by atomic mass is 19.3. The second-order valence-electron chi connectivity index (χ2n) is 6.65. The molecule has 1 saturated heterocycles. The van der Waals surface area contributed by atoms with Crippen LogP contribution < -0.4 is 14.4 Å². The van der Waals surface area contributed by atoms with E-state index in [0.29, 0.717) is 50.2 Å². The molecule has 0 atom stereocenters. The number of carbonyl (C=O) groups is 1. The number of aryl methyl sites for hydroxylation is 1. The van der Waals surface area contributed by atoms with Gasteiger partial charge in [-0.15, -0.1) is 0 Å². The van der Waals surface area contributed by atoms with E-state index < -0.39 is 6.61 Å². The molecule has 1 aliphatic heterocycles. The zero-order valence-electron chi connectivity index (χ0n) is 16.5. The Hall–Kier alpha value is -2.97. The summed E-state index contributed by atoms with van der Waals surface area (Å²) in [6.07, 6.45) is 0.135. The SMILES string of the molecule is CCOc1cc(C)nc(N2CCN(C(=O)Cc3cccc(OC(F)F)c3)CC2)n1. The van der Waals surface area contributed by atoms with Crippen LogP contribution in [0.1, 0.15) is 18.2 Å². The molecule has 29 heavy (non-hydrogen) atoms. The minimum Gasteiger partial charge on any atom is -0.478 e. The number of ether oxygens (including phenoxy) is 2. The van der Waals surface area contributed by atoms with Gasteiger partial charge in [0.15, 0.2) is 0 Å². The van der Waals surface area contributed by atoms with Crippen LogP contribution >= 0.6 is 0 Å². The summed E-state index contributed by atoms with van der Waals surface area (Å²) in [6.45, 7) is 3.71. The number of hydrogen-bond acceptors (Lipinski definition) is 6. The lowest BCUT2D eigenvalue weighted by Crippen LogP contribution is -2.49. The summed E-state index contributed by atoms with van der Waals surface area (Å²) in [7, 11) is 0. The molecule has 156 valence electrons. The number of piperazine rings is 1. The third kappa shape index (κ3) is 5.75. The van der Waals surface area contributed by atoms with Gasteiger partial charge in [0, 0.05) is 37.9 Å². The zero-order valence-corrected chi connectivity index (χ0v) is 16.5. The molecular weight excluding hydrogens is 382 g/mol. The summed E-state index contributed by atoms with van der Waals surface area (Å²) in [5, 5.41) is 0. The largest absolute Gasteiger partial charge is 0.478 e. The van der Waals surface area contributed by atoms with E-state index in [4.69, 9.17) is 4.74 Å². The molecule has 9 heteroatoms. The Balaban J connectivity index is 1.57. The molecule has 1 aromatic carbocycles. The summed E-state index contributed by atoms with van der Waals surface area (Å²) >= 11 is 0. The monoisotopic (exact) mass is 406 g/mol. The molecule has 2 aromatic rings. The van der Waals surface area contributed by atoms with Crippen molar-refractivity contribution in [1.82, 2.24) is 14.9 Å². The highest BCUT2D eigenvalue weighted by Crippen LogP contribution is 2.19. The van der Waals surface area contributed by atoms with Crippen molar-refractivity contribution in [3.63, 3.8) is 0 Å². The molecule has 0 aliphatic carbocycles. The lowest BCUT2D eigenvalue weighted by Gasteiger charge is -2.35. The Morgan fingerprint density at radius 3 is 2.62 bits per heavy atom. The quantitative estimate of drug-likeness (QED) is 0.704. The molecular formula is C20H24F2N4O3. The fraction of sp³-hybridized carbons (Fsp3) is 0.450. The van der Waals surface area contributed by atoms with Crippen LogP contribution in [0.4, 0.5) is 14.7 Å². The number of halogens is 2. The Kier molecular flexibility index (Phi) is 6.79. The fourth-order valence-corrected chi connectivity index (χ4v) is 3.16. The zero-order chi connectivity index (χ0) is 20.8. The number of aromatic nitrogens is 2. The summed E-state index contributed by atoms with van der Waals surface area (Å²) in [5.41, 5.74) is 1.46. The number of amides is 1. The summed E-state index contributed by atoms with van der Waals surface area (Å²) in [5.74, 6) is 1.13. The number of nitrogens with zero attached hydrogens (tertiary/aromatic N) is 4. The van der Waals surface area contributed by atoms with Crippen LogP contribution in [-0.4, -0.2) is 60.2 Å². The van der Waals surface area contributed by atoms with E-state index in [1.54, 1.807) is 23.1 Å². The van der Waals surface area contributed by atoms with Crippen LogP contribution in [0.3, 0.4) is 0 Å². The number of alkyl halides is 2. The molecule has 0 bridgehead atoms. The Labute approximate surface area is 168 Å². The average molecular weight is 406 g/mol. The number of hydrogen-bond donors (Lipinski definition) is 0. The van der Waals surface area contributed by atoms with Gasteiger partial charge in [0.25, 0.3) is 0 Å². The van der Waals surface area contributed by atoms with Gasteiger partial charge >= 0.3 is 6.61 Å². The summed E-state index contributed by atoms with van der Waals surface area (Å²) < 4.78 is 34.6. The first-order valence-electron chi connectivity index (χ1n) is 9.49. The first kappa shape index (κ1) is 20.8. The van der Waals surface area contributed by atoms with E-state index in [1.165, 1.54) is 12.1 Å². The molecule has 0 saturated carbocycles. The third-order valence-corrected chi connectivity index (χ3v) is 4.51. The molecule has 0 N–H and O–H groups in total. The molecule has 3 rings (SSSR count). The Morgan fingerprint density at radius 2 is 1.93 bits per heavy atom. The number of rotatable bonds is 7. The number of anilines is 1. The predicted octanol–water partition coefficient (Wildman–Crippen LogP) is 2.68. The molecule has 0 radical (unpaired) electrons. The number of benzene rings is 1. The van der Waals surface area contributed by atoms with E-state index in [1.807, 2.05) is 18.7 Å². The van der Waals surface area contributed by atoms with Crippen LogP contribution in [0, 0.1) is 6.92 Å². The van der Waals surface area contributed by atoms with Crippen molar-refractivity contribution in [2.24, 2.45) is 0 Å². The summed E-state index contributed by atoms with van der Waals surface area (Å²) in [6, 6.07) is 8.03. The van der Waals surface area contributed by atoms with Crippen molar-refractivity contribution in [2.45, 2.75) is 26.9 Å². The van der Waals surface area contributed by atoms with Crippen molar-refractivity contribution in [2.75, 3.05) is 37.7 Å². The van der Waals surface area contributed by atoms with Gasteiger partial charge in [-0.1, -0.05) is 12.1 Å². The van der Waals surface area contributed by atoms with Gasteiger partial charge < -0.3 is 19.3 Å². The minimum atomic E-state index is -2.89. The molecule has 2 heterocycles. The van der Waals surface area contributed by atoms with Crippen molar-refractivity contribution >= 4 is 11.9 Å². The van der Waals surface area contributed by atoms with E-state index in [9.17, 15) is 13.6 Å².